The van der Waals surface area contributed by atoms with Crippen LogP contribution in [0.4, 0.5) is 5.95 Å². The van der Waals surface area contributed by atoms with Crippen molar-refractivity contribution in [1.82, 2.24) is 24.5 Å². The molecular weight excluding hydrogens is 270 g/mol. The van der Waals surface area contributed by atoms with Crippen LogP contribution < -0.4 is 16.0 Å². The fourth-order valence-corrected chi connectivity index (χ4v) is 2.24. The predicted molar refractivity (Wildman–Crippen MR) is 67.1 cm³/mol. The van der Waals surface area contributed by atoms with Crippen LogP contribution in [0.2, 0.25) is 0 Å². The number of nitrogens with two attached hydrogens (primary N) is 1. The smallest absolute Gasteiger partial charge is 0.243 e. The highest BCUT2D eigenvalue weighted by molar-refractivity contribution is 7.89. The SMILES string of the molecule is Cn1nccc1CNS(=O)(=O)c1cnc(NN)nc1. The Morgan fingerprint density at radius 2 is 2.05 bits per heavy atom. The second-order valence-electron chi connectivity index (χ2n) is 3.66. The van der Waals surface area contributed by atoms with Crippen LogP contribution in [0.1, 0.15) is 5.69 Å². The molecule has 102 valence electrons. The molecule has 10 heteroatoms. The van der Waals surface area contributed by atoms with Gasteiger partial charge in [0.25, 0.3) is 0 Å². The van der Waals surface area contributed by atoms with E-state index in [4.69, 9.17) is 5.84 Å². The summed E-state index contributed by atoms with van der Waals surface area (Å²) in [7, 11) is -1.93. The molecule has 2 heterocycles. The van der Waals surface area contributed by atoms with Gasteiger partial charge in [0.15, 0.2) is 0 Å². The van der Waals surface area contributed by atoms with Crippen LogP contribution in [-0.2, 0) is 23.6 Å². The minimum Gasteiger partial charge on any atom is -0.292 e. The molecule has 2 rings (SSSR count). The molecule has 0 amide bonds. The Kier molecular flexibility index (Phi) is 3.74. The lowest BCUT2D eigenvalue weighted by molar-refractivity contribution is 0.576. The summed E-state index contributed by atoms with van der Waals surface area (Å²) in [5.74, 6) is 5.24. The monoisotopic (exact) mass is 283 g/mol. The molecule has 0 spiro atoms. The van der Waals surface area contributed by atoms with Gasteiger partial charge in [-0.25, -0.2) is 29.0 Å². The molecule has 4 N–H and O–H groups in total. The molecule has 0 aliphatic carbocycles. The normalized spacial score (nSPS) is 11.5. The van der Waals surface area contributed by atoms with Crippen LogP contribution in [0.25, 0.3) is 0 Å². The summed E-state index contributed by atoms with van der Waals surface area (Å²) in [6.45, 7) is 0.135. The maximum Gasteiger partial charge on any atom is 0.243 e. The Balaban J connectivity index is 2.11. The summed E-state index contributed by atoms with van der Waals surface area (Å²) in [5.41, 5.74) is 2.96. The highest BCUT2D eigenvalue weighted by Gasteiger charge is 2.15. The van der Waals surface area contributed by atoms with Crippen LogP contribution in [0.15, 0.2) is 29.6 Å². The van der Waals surface area contributed by atoms with E-state index < -0.39 is 10.0 Å². The summed E-state index contributed by atoms with van der Waals surface area (Å²) >= 11 is 0. The number of hydrogen-bond donors (Lipinski definition) is 3. The third kappa shape index (κ3) is 3.05. The Morgan fingerprint density at radius 3 is 2.58 bits per heavy atom. The van der Waals surface area contributed by atoms with E-state index in [0.717, 1.165) is 5.69 Å². The Bertz CT molecular complexity index is 649. The molecule has 0 aliphatic rings. The van der Waals surface area contributed by atoms with Gasteiger partial charge in [0, 0.05) is 13.2 Å². The van der Waals surface area contributed by atoms with E-state index in [1.54, 1.807) is 24.0 Å². The van der Waals surface area contributed by atoms with E-state index in [2.05, 4.69) is 25.2 Å². The van der Waals surface area contributed by atoms with Crippen molar-refractivity contribution in [3.8, 4) is 0 Å². The number of hydrazine groups is 1. The maximum absolute atomic E-state index is 12.0. The zero-order valence-electron chi connectivity index (χ0n) is 10.1. The summed E-state index contributed by atoms with van der Waals surface area (Å²) in [5, 5.41) is 3.95. The zero-order chi connectivity index (χ0) is 13.9. The van der Waals surface area contributed by atoms with Gasteiger partial charge in [0.2, 0.25) is 16.0 Å². The predicted octanol–water partition coefficient (Wildman–Crippen LogP) is -1.03. The number of aromatic nitrogens is 4. The summed E-state index contributed by atoms with van der Waals surface area (Å²) < 4.78 is 28.0. The number of sulfonamides is 1. The minimum absolute atomic E-state index is 0.0336. The van der Waals surface area contributed by atoms with Gasteiger partial charge in [-0.15, -0.1) is 0 Å². The van der Waals surface area contributed by atoms with E-state index in [-0.39, 0.29) is 17.4 Å². The molecule has 2 aromatic rings. The quantitative estimate of drug-likeness (QED) is 0.473. The van der Waals surface area contributed by atoms with Crippen LogP contribution in [0.3, 0.4) is 0 Å². The molecule has 0 fully saturated rings. The molecular formula is C9H13N7O2S. The first-order valence-corrected chi connectivity index (χ1v) is 6.76. The van der Waals surface area contributed by atoms with Crippen LogP contribution in [0.5, 0.6) is 0 Å². The number of rotatable bonds is 5. The molecule has 2 aromatic heterocycles. The van der Waals surface area contributed by atoms with Crippen LogP contribution in [-0.4, -0.2) is 28.2 Å². The van der Waals surface area contributed by atoms with E-state index in [0.29, 0.717) is 0 Å². The fraction of sp³-hybridized carbons (Fsp3) is 0.222. The summed E-state index contributed by atoms with van der Waals surface area (Å²) in [6, 6.07) is 1.72. The first kappa shape index (κ1) is 13.4. The lowest BCUT2D eigenvalue weighted by Crippen LogP contribution is -2.25. The van der Waals surface area contributed by atoms with Gasteiger partial charge in [-0.2, -0.15) is 5.10 Å². The number of nitrogens with zero attached hydrogens (tertiary/aromatic N) is 4. The van der Waals surface area contributed by atoms with Gasteiger partial charge in [-0.1, -0.05) is 0 Å². The van der Waals surface area contributed by atoms with Crippen molar-refractivity contribution in [2.24, 2.45) is 12.9 Å². The molecule has 0 aliphatic heterocycles. The number of anilines is 1. The molecule has 0 unspecified atom stereocenters. The third-order valence-electron chi connectivity index (χ3n) is 2.43. The summed E-state index contributed by atoms with van der Waals surface area (Å²) in [6.07, 6.45) is 3.94. The van der Waals surface area contributed by atoms with Crippen molar-refractivity contribution in [2.75, 3.05) is 5.43 Å². The largest absolute Gasteiger partial charge is 0.292 e. The average Bonchev–Trinajstić information content (AvgIpc) is 2.82. The van der Waals surface area contributed by atoms with Crippen molar-refractivity contribution in [1.29, 1.82) is 0 Å². The van der Waals surface area contributed by atoms with Crippen molar-refractivity contribution in [3.63, 3.8) is 0 Å². The van der Waals surface area contributed by atoms with Gasteiger partial charge in [-0.05, 0) is 6.07 Å². The van der Waals surface area contributed by atoms with Gasteiger partial charge < -0.3 is 0 Å². The van der Waals surface area contributed by atoms with Gasteiger partial charge in [-0.3, -0.25) is 10.1 Å². The van der Waals surface area contributed by atoms with Crippen molar-refractivity contribution in [3.05, 3.63) is 30.4 Å². The Hall–Kier alpha value is -2.04. The maximum atomic E-state index is 12.0. The first-order valence-electron chi connectivity index (χ1n) is 5.28. The average molecular weight is 283 g/mol. The second-order valence-corrected chi connectivity index (χ2v) is 5.42. The van der Waals surface area contributed by atoms with Crippen LogP contribution >= 0.6 is 0 Å². The van der Waals surface area contributed by atoms with Gasteiger partial charge >= 0.3 is 0 Å². The highest BCUT2D eigenvalue weighted by Crippen LogP contribution is 2.07. The van der Waals surface area contributed by atoms with E-state index in [1.807, 2.05) is 0 Å². The number of nitrogen functional groups attached to an aromatic ring is 1. The van der Waals surface area contributed by atoms with E-state index in [1.165, 1.54) is 12.4 Å². The van der Waals surface area contributed by atoms with Gasteiger partial charge in [0.1, 0.15) is 4.90 Å². The fourth-order valence-electron chi connectivity index (χ4n) is 1.36. The summed E-state index contributed by atoms with van der Waals surface area (Å²) in [4.78, 5) is 7.45. The van der Waals surface area contributed by atoms with Crippen molar-refractivity contribution < 1.29 is 8.42 Å². The molecule has 9 nitrogen and oxygen atoms in total. The molecule has 0 atom stereocenters. The molecule has 19 heavy (non-hydrogen) atoms. The topological polar surface area (TPSA) is 128 Å². The second kappa shape index (κ2) is 5.30. The third-order valence-corrected chi connectivity index (χ3v) is 3.79. The molecule has 0 radical (unpaired) electrons. The lowest BCUT2D eigenvalue weighted by atomic mass is 10.4. The van der Waals surface area contributed by atoms with Gasteiger partial charge in [0.05, 0.1) is 24.6 Å². The Morgan fingerprint density at radius 1 is 1.37 bits per heavy atom. The molecule has 0 aromatic carbocycles. The molecule has 0 saturated heterocycles. The number of nitrogens with one attached hydrogen (secondary N) is 2. The minimum atomic E-state index is -3.66. The lowest BCUT2D eigenvalue weighted by Gasteiger charge is -2.06. The highest BCUT2D eigenvalue weighted by atomic mass is 32.2. The van der Waals surface area contributed by atoms with E-state index >= 15 is 0 Å². The zero-order valence-corrected chi connectivity index (χ0v) is 10.9. The Labute approximate surface area is 109 Å². The molecule has 0 saturated carbocycles. The first-order chi connectivity index (χ1) is 9.03. The number of hydrogen-bond acceptors (Lipinski definition) is 7. The number of aryl methyl sites for hydroxylation is 1. The van der Waals surface area contributed by atoms with Crippen molar-refractivity contribution in [2.45, 2.75) is 11.4 Å². The molecule has 0 bridgehead atoms. The standard InChI is InChI=1S/C9H13N7O2S/c1-16-7(2-3-13-16)4-14-19(17,18)8-5-11-9(15-10)12-6-8/h2-3,5-6,14H,4,10H2,1H3,(H,11,12,15). The van der Waals surface area contributed by atoms with E-state index in [9.17, 15) is 8.42 Å². The van der Waals surface area contributed by atoms with Crippen molar-refractivity contribution >= 4 is 16.0 Å². The van der Waals surface area contributed by atoms with Crippen LogP contribution in [0, 0.1) is 0 Å².